The van der Waals surface area contributed by atoms with Crippen molar-refractivity contribution < 1.29 is 32.2 Å². The van der Waals surface area contributed by atoms with Gasteiger partial charge in [0.15, 0.2) is 0 Å². The number of hydrogen-bond acceptors (Lipinski definition) is 7. The van der Waals surface area contributed by atoms with Crippen LogP contribution in [-0.4, -0.2) is 68.8 Å². The molecular weight excluding hydrogens is 584 g/mol. The predicted molar refractivity (Wildman–Crippen MR) is 186 cm³/mol. The van der Waals surface area contributed by atoms with Gasteiger partial charge in [0.1, 0.15) is 11.5 Å². The first kappa shape index (κ1) is 39.2. The van der Waals surface area contributed by atoms with E-state index >= 15 is 0 Å². The van der Waals surface area contributed by atoms with E-state index in [9.17, 15) is 0 Å². The minimum Gasteiger partial charge on any atom is -0.494 e. The third-order valence-corrected chi connectivity index (χ3v) is 11.5. The standard InChI is InChI=1S/C37H62O7Si/c1-7-37(8-2,31-38-6)32-41-36-25-21-34(22-26-36)33-19-23-35(24-20-33)40-29-17-15-13-12-14-16-27-39-28-18-30-45(42-9-3,43-10-4)44-11-5/h19-26H,7-18,27-32H2,1-6H3. The van der Waals surface area contributed by atoms with E-state index in [-0.39, 0.29) is 5.41 Å². The smallest absolute Gasteiger partial charge is 0.494 e. The lowest BCUT2D eigenvalue weighted by Gasteiger charge is -2.30. The van der Waals surface area contributed by atoms with Crippen LogP contribution in [0, 0.1) is 5.41 Å². The first-order chi connectivity index (χ1) is 22.0. The summed E-state index contributed by atoms with van der Waals surface area (Å²) in [6, 6.07) is 17.5. The highest BCUT2D eigenvalue weighted by Crippen LogP contribution is 2.29. The molecule has 2 aromatic rings. The van der Waals surface area contributed by atoms with Gasteiger partial charge in [-0.2, -0.15) is 0 Å². The van der Waals surface area contributed by atoms with E-state index in [0.717, 1.165) is 69.5 Å². The lowest BCUT2D eigenvalue weighted by Crippen LogP contribution is -2.46. The molecule has 0 saturated heterocycles. The van der Waals surface area contributed by atoms with E-state index in [1.54, 1.807) is 7.11 Å². The molecule has 0 N–H and O–H groups in total. The van der Waals surface area contributed by atoms with Crippen LogP contribution in [0.2, 0.25) is 6.04 Å². The molecule has 0 unspecified atom stereocenters. The van der Waals surface area contributed by atoms with E-state index in [4.69, 9.17) is 32.2 Å². The summed E-state index contributed by atoms with van der Waals surface area (Å²) in [4.78, 5) is 0. The minimum absolute atomic E-state index is 0.0638. The van der Waals surface area contributed by atoms with E-state index in [2.05, 4.69) is 62.4 Å². The van der Waals surface area contributed by atoms with Gasteiger partial charge >= 0.3 is 8.80 Å². The number of rotatable bonds is 28. The van der Waals surface area contributed by atoms with Crippen LogP contribution < -0.4 is 9.47 Å². The van der Waals surface area contributed by atoms with Gasteiger partial charge in [-0.05, 0) is 88.3 Å². The molecule has 0 heterocycles. The van der Waals surface area contributed by atoms with Crippen molar-refractivity contribution in [3.8, 4) is 22.6 Å². The molecule has 0 bridgehead atoms. The normalized spacial score (nSPS) is 12.0. The van der Waals surface area contributed by atoms with Crippen molar-refractivity contribution in [2.45, 2.75) is 98.5 Å². The monoisotopic (exact) mass is 646 g/mol. The predicted octanol–water partition coefficient (Wildman–Crippen LogP) is 9.36. The first-order valence-corrected chi connectivity index (χ1v) is 19.4. The molecule has 0 radical (unpaired) electrons. The summed E-state index contributed by atoms with van der Waals surface area (Å²) in [5.41, 5.74) is 2.40. The molecule has 0 aromatic heterocycles. The third-order valence-electron chi connectivity index (χ3n) is 8.35. The Morgan fingerprint density at radius 1 is 0.533 bits per heavy atom. The molecule has 0 aliphatic rings. The molecule has 7 nitrogen and oxygen atoms in total. The fourth-order valence-corrected chi connectivity index (χ4v) is 8.01. The van der Waals surface area contributed by atoms with Crippen molar-refractivity contribution in [2.24, 2.45) is 5.41 Å². The van der Waals surface area contributed by atoms with Gasteiger partial charge in [-0.1, -0.05) is 63.8 Å². The van der Waals surface area contributed by atoms with Crippen LogP contribution in [0.4, 0.5) is 0 Å². The highest BCUT2D eigenvalue weighted by atomic mass is 28.4. The van der Waals surface area contributed by atoms with Gasteiger partial charge in [-0.3, -0.25) is 0 Å². The molecule has 2 rings (SSSR count). The number of ether oxygens (including phenoxy) is 4. The number of methoxy groups -OCH3 is 1. The summed E-state index contributed by atoms with van der Waals surface area (Å²) in [6.45, 7) is 15.9. The lowest BCUT2D eigenvalue weighted by atomic mass is 9.84. The second-order valence-electron chi connectivity index (χ2n) is 11.6. The Kier molecular flexibility index (Phi) is 20.4. The molecule has 0 fully saturated rings. The Morgan fingerprint density at radius 2 is 1.00 bits per heavy atom. The number of hydrogen-bond donors (Lipinski definition) is 0. The van der Waals surface area contributed by atoms with Crippen LogP contribution in [0.3, 0.4) is 0 Å². The van der Waals surface area contributed by atoms with Crippen molar-refractivity contribution in [1.29, 1.82) is 0 Å². The average Bonchev–Trinajstić information content (AvgIpc) is 3.06. The van der Waals surface area contributed by atoms with Gasteiger partial charge in [0.05, 0.1) is 19.8 Å². The summed E-state index contributed by atoms with van der Waals surface area (Å²) in [5, 5.41) is 0. The van der Waals surface area contributed by atoms with Gasteiger partial charge in [-0.25, -0.2) is 0 Å². The zero-order valence-electron chi connectivity index (χ0n) is 29.2. The summed E-state index contributed by atoms with van der Waals surface area (Å²) in [6.07, 6.45) is 10.0. The number of unbranched alkanes of at least 4 members (excludes halogenated alkanes) is 5. The second-order valence-corrected chi connectivity index (χ2v) is 14.4. The third kappa shape index (κ3) is 15.0. The Morgan fingerprint density at radius 3 is 1.49 bits per heavy atom. The zero-order valence-corrected chi connectivity index (χ0v) is 30.2. The van der Waals surface area contributed by atoms with E-state index in [1.807, 2.05) is 20.8 Å². The van der Waals surface area contributed by atoms with Gasteiger partial charge < -0.3 is 32.2 Å². The Balaban J connectivity index is 1.55. The molecule has 45 heavy (non-hydrogen) atoms. The van der Waals surface area contributed by atoms with Crippen molar-refractivity contribution in [2.75, 3.05) is 60.0 Å². The Bertz CT molecular complexity index is 962. The van der Waals surface area contributed by atoms with Crippen LogP contribution in [0.15, 0.2) is 48.5 Å². The summed E-state index contributed by atoms with van der Waals surface area (Å²) < 4.78 is 41.2. The first-order valence-electron chi connectivity index (χ1n) is 17.4. The van der Waals surface area contributed by atoms with E-state index < -0.39 is 8.80 Å². The van der Waals surface area contributed by atoms with E-state index in [0.29, 0.717) is 33.0 Å². The van der Waals surface area contributed by atoms with Crippen LogP contribution >= 0.6 is 0 Å². The summed E-state index contributed by atoms with van der Waals surface area (Å²) in [7, 11) is -0.779. The highest BCUT2D eigenvalue weighted by molar-refractivity contribution is 6.60. The molecule has 8 heteroatoms. The van der Waals surface area contributed by atoms with Crippen LogP contribution in [0.5, 0.6) is 11.5 Å². The minimum atomic E-state index is -2.54. The molecular formula is C37H62O7Si. The maximum absolute atomic E-state index is 6.14. The molecule has 0 atom stereocenters. The zero-order chi connectivity index (χ0) is 32.6. The molecule has 0 aliphatic heterocycles. The SMILES string of the molecule is CCO[Si](CCCOCCCCCCCCOc1ccc(-c2ccc(OCC(CC)(CC)COC)cc2)cc1)(OCC)OCC. The van der Waals surface area contributed by atoms with Crippen molar-refractivity contribution >= 4 is 8.80 Å². The summed E-state index contributed by atoms with van der Waals surface area (Å²) >= 11 is 0. The Hall–Kier alpha value is -1.94. The number of benzene rings is 2. The molecule has 0 spiro atoms. The van der Waals surface area contributed by atoms with Gasteiger partial charge in [0, 0.05) is 51.6 Å². The highest BCUT2D eigenvalue weighted by Gasteiger charge is 2.39. The molecule has 2 aromatic carbocycles. The van der Waals surface area contributed by atoms with Gasteiger partial charge in [-0.15, -0.1) is 0 Å². The fourth-order valence-electron chi connectivity index (χ4n) is 5.43. The molecule has 0 aliphatic carbocycles. The van der Waals surface area contributed by atoms with E-state index in [1.165, 1.54) is 36.8 Å². The molecule has 0 saturated carbocycles. The average molecular weight is 647 g/mol. The quantitative estimate of drug-likeness (QED) is 0.0674. The van der Waals surface area contributed by atoms with Crippen molar-refractivity contribution in [3.63, 3.8) is 0 Å². The maximum Gasteiger partial charge on any atom is 0.501 e. The maximum atomic E-state index is 6.14. The van der Waals surface area contributed by atoms with Crippen LogP contribution in [0.25, 0.3) is 11.1 Å². The van der Waals surface area contributed by atoms with Gasteiger partial charge in [0.25, 0.3) is 0 Å². The molecule has 256 valence electrons. The van der Waals surface area contributed by atoms with Crippen molar-refractivity contribution in [1.82, 2.24) is 0 Å². The molecule has 0 amide bonds. The van der Waals surface area contributed by atoms with Gasteiger partial charge in [0.2, 0.25) is 0 Å². The second kappa shape index (κ2) is 23.4. The summed E-state index contributed by atoms with van der Waals surface area (Å²) in [5.74, 6) is 1.82. The van der Waals surface area contributed by atoms with Crippen molar-refractivity contribution in [3.05, 3.63) is 48.5 Å². The topological polar surface area (TPSA) is 64.6 Å². The fraction of sp³-hybridized carbons (Fsp3) is 0.676. The van der Waals surface area contributed by atoms with Crippen LogP contribution in [0.1, 0.15) is 92.4 Å². The largest absolute Gasteiger partial charge is 0.501 e. The van der Waals surface area contributed by atoms with Crippen LogP contribution in [-0.2, 0) is 22.8 Å². The Labute approximate surface area is 275 Å². The lowest BCUT2D eigenvalue weighted by molar-refractivity contribution is 0.0322.